The second-order valence-corrected chi connectivity index (χ2v) is 5.30. The first-order valence-electron chi connectivity index (χ1n) is 6.87. The molecule has 2 aromatic rings. The first-order valence-corrected chi connectivity index (χ1v) is 7.25. The molecule has 0 saturated carbocycles. The van der Waals surface area contributed by atoms with E-state index < -0.39 is 0 Å². The summed E-state index contributed by atoms with van der Waals surface area (Å²) in [7, 11) is 0. The molecule has 3 rings (SSSR count). The van der Waals surface area contributed by atoms with E-state index in [2.05, 4.69) is 20.0 Å². The lowest BCUT2D eigenvalue weighted by Crippen LogP contribution is -2.24. The fourth-order valence-corrected chi connectivity index (χ4v) is 2.81. The van der Waals surface area contributed by atoms with E-state index in [4.69, 9.17) is 21.4 Å². The molecule has 0 aliphatic carbocycles. The van der Waals surface area contributed by atoms with Gasteiger partial charge in [-0.25, -0.2) is 4.98 Å². The number of aromatic nitrogens is 3. The van der Waals surface area contributed by atoms with Crippen LogP contribution in [0.25, 0.3) is 0 Å². The highest BCUT2D eigenvalue weighted by Gasteiger charge is 2.32. The molecule has 0 bridgehead atoms. The van der Waals surface area contributed by atoms with Gasteiger partial charge in [-0.15, -0.1) is 0 Å². The topological polar surface area (TPSA) is 78.8 Å². The summed E-state index contributed by atoms with van der Waals surface area (Å²) in [6, 6.07) is 3.69. The van der Waals surface area contributed by atoms with Gasteiger partial charge in [0.05, 0.1) is 16.6 Å². The largest absolute Gasteiger partial charge is 0.345 e. The standard InChI is InChI=1S/C14H14ClN5O/c1-2-12-18-13(19-21-12)11-4-3-5-20(11)14-10(15)6-9(7-16)8-17-14/h6,8,11H,2-5H2,1H3/t11-/m1/s1. The number of nitriles is 1. The van der Waals surface area contributed by atoms with Gasteiger partial charge in [-0.2, -0.15) is 10.2 Å². The number of hydrogen-bond donors (Lipinski definition) is 0. The van der Waals surface area contributed by atoms with Crippen LogP contribution in [0.15, 0.2) is 16.8 Å². The number of anilines is 1. The Kier molecular flexibility index (Phi) is 3.76. The Balaban J connectivity index is 1.92. The molecule has 1 aliphatic heterocycles. The Morgan fingerprint density at radius 3 is 3.10 bits per heavy atom. The zero-order valence-electron chi connectivity index (χ0n) is 11.6. The molecule has 2 aromatic heterocycles. The van der Waals surface area contributed by atoms with Gasteiger partial charge >= 0.3 is 0 Å². The van der Waals surface area contributed by atoms with Gasteiger partial charge in [-0.05, 0) is 18.9 Å². The van der Waals surface area contributed by atoms with Crippen LogP contribution in [0.3, 0.4) is 0 Å². The maximum Gasteiger partial charge on any atom is 0.226 e. The fourth-order valence-electron chi connectivity index (χ4n) is 2.54. The van der Waals surface area contributed by atoms with E-state index in [0.717, 1.165) is 25.8 Å². The van der Waals surface area contributed by atoms with E-state index in [1.807, 2.05) is 13.0 Å². The molecule has 3 heterocycles. The lowest BCUT2D eigenvalue weighted by molar-refractivity contribution is 0.373. The van der Waals surface area contributed by atoms with Crippen LogP contribution in [0.2, 0.25) is 5.02 Å². The highest BCUT2D eigenvalue weighted by atomic mass is 35.5. The second kappa shape index (κ2) is 5.70. The molecule has 0 amide bonds. The quantitative estimate of drug-likeness (QED) is 0.867. The average Bonchev–Trinajstić information content (AvgIpc) is 3.15. The van der Waals surface area contributed by atoms with Gasteiger partial charge < -0.3 is 9.42 Å². The lowest BCUT2D eigenvalue weighted by atomic mass is 10.2. The van der Waals surface area contributed by atoms with Crippen molar-refractivity contribution in [1.29, 1.82) is 5.26 Å². The summed E-state index contributed by atoms with van der Waals surface area (Å²) >= 11 is 6.25. The van der Waals surface area contributed by atoms with Crippen molar-refractivity contribution in [3.05, 3.63) is 34.6 Å². The molecule has 0 unspecified atom stereocenters. The molecule has 0 radical (unpaired) electrons. The molecule has 21 heavy (non-hydrogen) atoms. The summed E-state index contributed by atoms with van der Waals surface area (Å²) in [5, 5.41) is 13.4. The first-order chi connectivity index (χ1) is 10.2. The lowest BCUT2D eigenvalue weighted by Gasteiger charge is -2.24. The van der Waals surface area contributed by atoms with Gasteiger partial charge in [-0.1, -0.05) is 23.7 Å². The third kappa shape index (κ3) is 2.57. The van der Waals surface area contributed by atoms with Gasteiger partial charge in [0.1, 0.15) is 11.9 Å². The number of nitrogens with zero attached hydrogens (tertiary/aromatic N) is 5. The van der Waals surface area contributed by atoms with E-state index >= 15 is 0 Å². The van der Waals surface area contributed by atoms with Gasteiger partial charge in [-0.3, -0.25) is 0 Å². The van der Waals surface area contributed by atoms with Crippen molar-refractivity contribution in [2.24, 2.45) is 0 Å². The van der Waals surface area contributed by atoms with Gasteiger partial charge in [0.2, 0.25) is 5.89 Å². The number of halogens is 1. The van der Waals surface area contributed by atoms with E-state index in [0.29, 0.717) is 28.1 Å². The Hall–Kier alpha value is -2.13. The van der Waals surface area contributed by atoms with Crippen LogP contribution < -0.4 is 4.90 Å². The molecular formula is C14H14ClN5O. The molecule has 1 aliphatic rings. The zero-order chi connectivity index (χ0) is 14.8. The molecular weight excluding hydrogens is 290 g/mol. The van der Waals surface area contributed by atoms with Gasteiger partial charge in [0.15, 0.2) is 5.82 Å². The molecule has 0 N–H and O–H groups in total. The molecule has 7 heteroatoms. The van der Waals surface area contributed by atoms with Crippen molar-refractivity contribution in [3.63, 3.8) is 0 Å². The van der Waals surface area contributed by atoms with E-state index in [9.17, 15) is 0 Å². The van der Waals surface area contributed by atoms with Crippen molar-refractivity contribution in [2.45, 2.75) is 32.2 Å². The highest BCUT2D eigenvalue weighted by Crippen LogP contribution is 2.37. The van der Waals surface area contributed by atoms with Crippen LogP contribution in [0, 0.1) is 11.3 Å². The predicted molar refractivity (Wildman–Crippen MR) is 77.0 cm³/mol. The highest BCUT2D eigenvalue weighted by molar-refractivity contribution is 6.33. The summed E-state index contributed by atoms with van der Waals surface area (Å²) < 4.78 is 5.19. The van der Waals surface area contributed by atoms with Gasteiger partial charge in [0, 0.05) is 19.2 Å². The van der Waals surface area contributed by atoms with Crippen LogP contribution in [0.5, 0.6) is 0 Å². The Labute approximate surface area is 127 Å². The third-order valence-electron chi connectivity index (χ3n) is 3.56. The van der Waals surface area contributed by atoms with E-state index in [1.165, 1.54) is 6.20 Å². The Morgan fingerprint density at radius 1 is 1.57 bits per heavy atom. The molecule has 1 fully saturated rings. The first kappa shape index (κ1) is 13.8. The summed E-state index contributed by atoms with van der Waals surface area (Å²) in [6.45, 7) is 2.81. The van der Waals surface area contributed by atoms with Crippen molar-refractivity contribution in [1.82, 2.24) is 15.1 Å². The van der Waals surface area contributed by atoms with Crippen LogP contribution in [-0.2, 0) is 6.42 Å². The molecule has 108 valence electrons. The predicted octanol–water partition coefficient (Wildman–Crippen LogP) is 2.89. The number of hydrogen-bond acceptors (Lipinski definition) is 6. The minimum atomic E-state index is 0.0204. The van der Waals surface area contributed by atoms with Crippen molar-refractivity contribution in [3.8, 4) is 6.07 Å². The van der Waals surface area contributed by atoms with E-state index in [1.54, 1.807) is 6.07 Å². The second-order valence-electron chi connectivity index (χ2n) is 4.89. The minimum Gasteiger partial charge on any atom is -0.345 e. The van der Waals surface area contributed by atoms with Crippen LogP contribution >= 0.6 is 11.6 Å². The minimum absolute atomic E-state index is 0.0204. The molecule has 1 atom stereocenters. The summed E-state index contributed by atoms with van der Waals surface area (Å²) in [5.41, 5.74) is 0.451. The third-order valence-corrected chi connectivity index (χ3v) is 3.84. The SMILES string of the molecule is CCc1nc([C@H]2CCCN2c2ncc(C#N)cc2Cl)no1. The fraction of sp³-hybridized carbons (Fsp3) is 0.429. The zero-order valence-corrected chi connectivity index (χ0v) is 12.3. The van der Waals surface area contributed by atoms with Crippen molar-refractivity contribution in [2.75, 3.05) is 11.4 Å². The molecule has 1 saturated heterocycles. The van der Waals surface area contributed by atoms with Crippen LogP contribution in [0.4, 0.5) is 5.82 Å². The molecule has 6 nitrogen and oxygen atoms in total. The monoisotopic (exact) mass is 303 g/mol. The van der Waals surface area contributed by atoms with Crippen molar-refractivity contribution < 1.29 is 4.52 Å². The number of aryl methyl sites for hydroxylation is 1. The number of pyridine rings is 1. The smallest absolute Gasteiger partial charge is 0.226 e. The molecule has 0 aromatic carbocycles. The molecule has 0 spiro atoms. The Bertz CT molecular complexity index is 693. The normalized spacial score (nSPS) is 18.0. The van der Waals surface area contributed by atoms with Gasteiger partial charge in [0.25, 0.3) is 0 Å². The maximum absolute atomic E-state index is 8.88. The maximum atomic E-state index is 8.88. The Morgan fingerprint density at radius 2 is 2.43 bits per heavy atom. The number of rotatable bonds is 3. The average molecular weight is 304 g/mol. The van der Waals surface area contributed by atoms with Crippen LogP contribution in [-0.4, -0.2) is 21.7 Å². The van der Waals surface area contributed by atoms with E-state index in [-0.39, 0.29) is 6.04 Å². The summed E-state index contributed by atoms with van der Waals surface area (Å²) in [5.74, 6) is 1.98. The van der Waals surface area contributed by atoms with Crippen molar-refractivity contribution >= 4 is 17.4 Å². The summed E-state index contributed by atoms with van der Waals surface area (Å²) in [6.07, 6.45) is 4.19. The van der Waals surface area contributed by atoms with Crippen LogP contribution in [0.1, 0.15) is 43.1 Å². The summed E-state index contributed by atoms with van der Waals surface area (Å²) in [4.78, 5) is 10.8.